The number of ether oxygens (including phenoxy) is 2. The summed E-state index contributed by atoms with van der Waals surface area (Å²) in [5, 5.41) is 0.773. The Morgan fingerprint density at radius 3 is 2.20 bits per heavy atom. The summed E-state index contributed by atoms with van der Waals surface area (Å²) in [5.41, 5.74) is 6.80. The zero-order valence-corrected chi connectivity index (χ0v) is 18.2. The molecule has 3 aromatic carbocycles. The van der Waals surface area contributed by atoms with E-state index in [9.17, 15) is 0 Å². The lowest BCUT2D eigenvalue weighted by molar-refractivity contribution is 0.150. The van der Waals surface area contributed by atoms with Crippen LogP contribution in [-0.2, 0) is 19.3 Å². The van der Waals surface area contributed by atoms with E-state index in [1.165, 1.54) is 27.8 Å². The van der Waals surface area contributed by atoms with Crippen LogP contribution in [-0.4, -0.2) is 31.7 Å². The zero-order chi connectivity index (χ0) is 20.7. The summed E-state index contributed by atoms with van der Waals surface area (Å²) in [5.74, 6) is 1.57. The maximum atomic E-state index is 6.41. The number of hydrogen-bond acceptors (Lipinski definition) is 3. The molecule has 154 valence electrons. The molecule has 0 fully saturated rings. The molecule has 3 nitrogen and oxygen atoms in total. The lowest BCUT2D eigenvalue weighted by Gasteiger charge is -2.42. The van der Waals surface area contributed by atoms with Gasteiger partial charge in [-0.3, -0.25) is 4.90 Å². The van der Waals surface area contributed by atoms with Crippen LogP contribution in [0.3, 0.4) is 0 Å². The van der Waals surface area contributed by atoms with E-state index in [0.29, 0.717) is 6.04 Å². The van der Waals surface area contributed by atoms with Gasteiger partial charge in [0.15, 0.2) is 11.5 Å². The maximum Gasteiger partial charge on any atom is 0.161 e. The molecular weight excluding hydrogens is 394 g/mol. The molecule has 0 N–H and O–H groups in total. The van der Waals surface area contributed by atoms with Crippen molar-refractivity contribution in [1.82, 2.24) is 4.90 Å². The molecule has 30 heavy (non-hydrogen) atoms. The van der Waals surface area contributed by atoms with Gasteiger partial charge in [0.2, 0.25) is 0 Å². The van der Waals surface area contributed by atoms with Crippen LogP contribution in [0.5, 0.6) is 11.5 Å². The first-order valence-corrected chi connectivity index (χ1v) is 10.9. The predicted octanol–water partition coefficient (Wildman–Crippen LogP) is 5.47. The molecule has 4 heteroatoms. The summed E-state index contributed by atoms with van der Waals surface area (Å²) >= 11 is 6.41. The molecule has 3 aromatic rings. The Labute approximate surface area is 183 Å². The van der Waals surface area contributed by atoms with Crippen LogP contribution in [0.25, 0.3) is 0 Å². The van der Waals surface area contributed by atoms with Crippen molar-refractivity contribution in [2.45, 2.75) is 31.3 Å². The minimum absolute atomic E-state index is 0.145. The van der Waals surface area contributed by atoms with Gasteiger partial charge in [0.1, 0.15) is 0 Å². The third-order valence-corrected chi connectivity index (χ3v) is 6.81. The number of nitrogens with zero attached hydrogens (tertiary/aromatic N) is 1. The second kappa shape index (κ2) is 7.98. The molecule has 2 aliphatic rings. The van der Waals surface area contributed by atoms with Crippen molar-refractivity contribution < 1.29 is 9.47 Å². The Morgan fingerprint density at radius 1 is 0.833 bits per heavy atom. The summed E-state index contributed by atoms with van der Waals surface area (Å²) in [6, 6.07) is 22.1. The van der Waals surface area contributed by atoms with Crippen LogP contribution in [0.2, 0.25) is 5.02 Å². The van der Waals surface area contributed by atoms with Gasteiger partial charge in [-0.05, 0) is 71.3 Å². The molecule has 0 saturated carbocycles. The van der Waals surface area contributed by atoms with Crippen LogP contribution in [0.4, 0.5) is 0 Å². The molecule has 0 saturated heterocycles. The molecular formula is C26H26ClNO2. The van der Waals surface area contributed by atoms with Gasteiger partial charge < -0.3 is 9.47 Å². The normalized spacial score (nSPS) is 18.7. The molecule has 0 amide bonds. The Balaban J connectivity index is 1.60. The van der Waals surface area contributed by atoms with E-state index >= 15 is 0 Å². The second-order valence-electron chi connectivity index (χ2n) is 8.18. The Kier molecular flexibility index (Phi) is 5.18. The second-order valence-corrected chi connectivity index (χ2v) is 8.62. The van der Waals surface area contributed by atoms with Crippen LogP contribution >= 0.6 is 11.6 Å². The molecule has 0 radical (unpaired) electrons. The summed E-state index contributed by atoms with van der Waals surface area (Å²) in [4.78, 5) is 2.67. The third-order valence-electron chi connectivity index (χ3n) is 6.57. The highest BCUT2D eigenvalue weighted by atomic mass is 35.5. The van der Waals surface area contributed by atoms with Gasteiger partial charge in [-0.25, -0.2) is 0 Å². The lowest BCUT2D eigenvalue weighted by atomic mass is 9.86. The highest BCUT2D eigenvalue weighted by Gasteiger charge is 2.37. The third kappa shape index (κ3) is 3.36. The average molecular weight is 420 g/mol. The molecule has 1 aliphatic heterocycles. The SMILES string of the molecule is COc1cc2c(cc1OC)[C@H](c1cccc(Cl)c1)N(C1Cc3ccccc3C1)CC2. The van der Waals surface area contributed by atoms with Crippen molar-refractivity contribution in [3.05, 3.63) is 93.5 Å². The molecule has 1 atom stereocenters. The molecule has 0 spiro atoms. The van der Waals surface area contributed by atoms with E-state index in [2.05, 4.69) is 53.4 Å². The number of rotatable bonds is 4. The van der Waals surface area contributed by atoms with Gasteiger partial charge in [-0.1, -0.05) is 48.0 Å². The fraction of sp³-hybridized carbons (Fsp3) is 0.308. The number of fused-ring (bicyclic) bond motifs is 2. The van der Waals surface area contributed by atoms with Gasteiger partial charge in [-0.2, -0.15) is 0 Å². The van der Waals surface area contributed by atoms with E-state index < -0.39 is 0 Å². The Morgan fingerprint density at radius 2 is 1.53 bits per heavy atom. The highest BCUT2D eigenvalue weighted by molar-refractivity contribution is 6.30. The number of hydrogen-bond donors (Lipinski definition) is 0. The fourth-order valence-electron chi connectivity index (χ4n) is 5.18. The van der Waals surface area contributed by atoms with E-state index in [4.69, 9.17) is 21.1 Å². The Bertz CT molecular complexity index is 1060. The van der Waals surface area contributed by atoms with Gasteiger partial charge in [0.25, 0.3) is 0 Å². The van der Waals surface area contributed by atoms with E-state index in [-0.39, 0.29) is 6.04 Å². The van der Waals surface area contributed by atoms with Crippen molar-refractivity contribution in [3.8, 4) is 11.5 Å². The van der Waals surface area contributed by atoms with Gasteiger partial charge in [-0.15, -0.1) is 0 Å². The maximum absolute atomic E-state index is 6.41. The molecule has 1 heterocycles. The lowest BCUT2D eigenvalue weighted by Crippen LogP contribution is -2.43. The predicted molar refractivity (Wildman–Crippen MR) is 121 cm³/mol. The van der Waals surface area contributed by atoms with Gasteiger partial charge >= 0.3 is 0 Å². The van der Waals surface area contributed by atoms with Gasteiger partial charge in [0, 0.05) is 17.6 Å². The summed E-state index contributed by atoms with van der Waals surface area (Å²) in [6.07, 6.45) is 3.19. The number of halogens is 1. The first kappa shape index (κ1) is 19.5. The van der Waals surface area contributed by atoms with Gasteiger partial charge in [0.05, 0.1) is 20.3 Å². The number of methoxy groups -OCH3 is 2. The topological polar surface area (TPSA) is 21.7 Å². The first-order chi connectivity index (χ1) is 14.7. The van der Waals surface area contributed by atoms with Crippen molar-refractivity contribution in [2.24, 2.45) is 0 Å². The monoisotopic (exact) mass is 419 g/mol. The van der Waals surface area contributed by atoms with E-state index in [0.717, 1.165) is 42.3 Å². The van der Waals surface area contributed by atoms with Crippen molar-refractivity contribution in [3.63, 3.8) is 0 Å². The van der Waals surface area contributed by atoms with Crippen LogP contribution < -0.4 is 9.47 Å². The molecule has 0 aromatic heterocycles. The summed E-state index contributed by atoms with van der Waals surface area (Å²) in [7, 11) is 3.40. The number of benzene rings is 3. The average Bonchev–Trinajstić information content (AvgIpc) is 3.21. The largest absolute Gasteiger partial charge is 0.493 e. The minimum Gasteiger partial charge on any atom is -0.493 e. The standard InChI is InChI=1S/C26H26ClNO2/c1-29-24-15-19-10-11-28(22-13-17-6-3-4-7-18(17)14-22)26(23(19)16-25(24)30-2)20-8-5-9-21(27)12-20/h3-9,12,15-16,22,26H,10-11,13-14H2,1-2H3/t26-/m0/s1. The van der Waals surface area contributed by atoms with Crippen molar-refractivity contribution >= 4 is 11.6 Å². The summed E-state index contributed by atoms with van der Waals surface area (Å²) < 4.78 is 11.2. The van der Waals surface area contributed by atoms with E-state index in [1.807, 2.05) is 12.1 Å². The summed E-state index contributed by atoms with van der Waals surface area (Å²) in [6.45, 7) is 1.01. The molecule has 0 unspecified atom stereocenters. The quantitative estimate of drug-likeness (QED) is 0.559. The minimum atomic E-state index is 0.145. The molecule has 5 rings (SSSR count). The van der Waals surface area contributed by atoms with Crippen molar-refractivity contribution in [2.75, 3.05) is 20.8 Å². The first-order valence-electron chi connectivity index (χ1n) is 10.5. The van der Waals surface area contributed by atoms with Crippen LogP contribution in [0.1, 0.15) is 33.9 Å². The Hall–Kier alpha value is -2.49. The van der Waals surface area contributed by atoms with Crippen LogP contribution in [0.15, 0.2) is 60.7 Å². The highest BCUT2D eigenvalue weighted by Crippen LogP contribution is 2.43. The van der Waals surface area contributed by atoms with Crippen molar-refractivity contribution in [1.29, 1.82) is 0 Å². The smallest absolute Gasteiger partial charge is 0.161 e. The fourth-order valence-corrected chi connectivity index (χ4v) is 5.38. The molecule has 0 bridgehead atoms. The van der Waals surface area contributed by atoms with E-state index in [1.54, 1.807) is 14.2 Å². The zero-order valence-electron chi connectivity index (χ0n) is 17.4. The van der Waals surface area contributed by atoms with Crippen LogP contribution in [0, 0.1) is 0 Å². The molecule has 1 aliphatic carbocycles.